The third-order valence-electron chi connectivity index (χ3n) is 8.16. The maximum Gasteiger partial charge on any atom is 0.251 e. The number of piperazine rings is 1. The number of aromatic nitrogens is 1. The zero-order chi connectivity index (χ0) is 27.7. The summed E-state index contributed by atoms with van der Waals surface area (Å²) in [5, 5.41) is 5.99. The predicted molar refractivity (Wildman–Crippen MR) is 151 cm³/mol. The summed E-state index contributed by atoms with van der Waals surface area (Å²) in [4.78, 5) is 50.4. The number of Topliss-reactive ketones (excluding diaryl/α,β-unsaturated/α-hetero) is 1. The minimum Gasteiger partial charge on any atom is -0.366 e. The van der Waals surface area contributed by atoms with Crippen molar-refractivity contribution in [2.75, 3.05) is 51.3 Å². The van der Waals surface area contributed by atoms with Crippen LogP contribution in [0.2, 0.25) is 0 Å². The van der Waals surface area contributed by atoms with E-state index in [2.05, 4.69) is 28.1 Å². The van der Waals surface area contributed by atoms with Gasteiger partial charge in [-0.15, -0.1) is 17.8 Å². The van der Waals surface area contributed by atoms with Gasteiger partial charge in [0.25, 0.3) is 5.91 Å². The number of amides is 2. The fraction of sp³-hybridized carbons (Fsp3) is 0.517. The number of benzene rings is 1. The molecule has 0 bridgehead atoms. The standard InChI is InChI=1S/C29H35N5O4S/c1-5-18(3)24(28(37)34-15-19(6-2)26-25(34)23(35)16-38-26)31-27(36)21-9-7-20(8-10-21)22-17-39-29(30-22)33-13-11-32(4)12-14-33/h2,7-10,17-19,24-26H,5,11-16H2,1,3-4H3,(H,31,36). The maximum absolute atomic E-state index is 13.7. The second kappa shape index (κ2) is 11.5. The Morgan fingerprint density at radius 1 is 1.23 bits per heavy atom. The number of fused-ring (bicyclic) bond motifs is 1. The molecule has 1 N–H and O–H groups in total. The molecule has 2 amide bonds. The van der Waals surface area contributed by atoms with Crippen molar-refractivity contribution in [1.82, 2.24) is 20.1 Å². The first-order valence-electron chi connectivity index (χ1n) is 13.5. The summed E-state index contributed by atoms with van der Waals surface area (Å²) in [5.74, 6) is 1.41. The van der Waals surface area contributed by atoms with E-state index in [0.29, 0.717) is 12.0 Å². The van der Waals surface area contributed by atoms with Gasteiger partial charge in [0.1, 0.15) is 24.8 Å². The van der Waals surface area contributed by atoms with Crippen molar-refractivity contribution < 1.29 is 19.1 Å². The molecule has 39 heavy (non-hydrogen) atoms. The van der Waals surface area contributed by atoms with Crippen LogP contribution in [0.1, 0.15) is 30.6 Å². The van der Waals surface area contributed by atoms with E-state index in [0.717, 1.165) is 42.6 Å². The largest absolute Gasteiger partial charge is 0.366 e. The van der Waals surface area contributed by atoms with Crippen molar-refractivity contribution in [3.63, 3.8) is 0 Å². The van der Waals surface area contributed by atoms with Crippen molar-refractivity contribution in [3.8, 4) is 23.6 Å². The van der Waals surface area contributed by atoms with Crippen LogP contribution in [0.5, 0.6) is 0 Å². The number of anilines is 1. The monoisotopic (exact) mass is 549 g/mol. The van der Waals surface area contributed by atoms with Crippen molar-refractivity contribution in [2.24, 2.45) is 11.8 Å². The van der Waals surface area contributed by atoms with Gasteiger partial charge in [0, 0.05) is 49.2 Å². The van der Waals surface area contributed by atoms with Gasteiger partial charge in [0.2, 0.25) is 5.91 Å². The molecule has 3 aliphatic rings. The second-order valence-corrected chi connectivity index (χ2v) is 11.5. The van der Waals surface area contributed by atoms with Crippen LogP contribution in [0.4, 0.5) is 5.13 Å². The number of likely N-dealkylation sites (N-methyl/N-ethyl adjacent to an activating group) is 1. The number of hydrogen-bond donors (Lipinski definition) is 1. The van der Waals surface area contributed by atoms with Crippen LogP contribution in [-0.4, -0.2) is 96.9 Å². The second-order valence-electron chi connectivity index (χ2n) is 10.7. The SMILES string of the molecule is C#CC1CN(C(=O)C(NC(=O)c2ccc(-c3csc(N4CCN(C)CC4)n3)cc2)C(C)CC)C2C(=O)COC12. The van der Waals surface area contributed by atoms with E-state index >= 15 is 0 Å². The van der Waals surface area contributed by atoms with E-state index in [1.165, 1.54) is 4.90 Å². The Hall–Kier alpha value is -3.26. The van der Waals surface area contributed by atoms with Crippen LogP contribution < -0.4 is 10.2 Å². The Kier molecular flexibility index (Phi) is 8.03. The van der Waals surface area contributed by atoms with Gasteiger partial charge < -0.3 is 24.8 Å². The third kappa shape index (κ3) is 5.44. The minimum absolute atomic E-state index is 0.0418. The minimum atomic E-state index is -0.780. The van der Waals surface area contributed by atoms with E-state index in [9.17, 15) is 14.4 Å². The molecule has 3 fully saturated rings. The quantitative estimate of drug-likeness (QED) is 0.529. The summed E-state index contributed by atoms with van der Waals surface area (Å²) >= 11 is 1.63. The van der Waals surface area contributed by atoms with Crippen molar-refractivity contribution >= 4 is 34.1 Å². The number of nitrogens with zero attached hydrogens (tertiary/aromatic N) is 4. The number of carbonyl (C=O) groups is 3. The van der Waals surface area contributed by atoms with Gasteiger partial charge in [0.15, 0.2) is 10.9 Å². The number of ketones is 1. The van der Waals surface area contributed by atoms with E-state index in [4.69, 9.17) is 16.1 Å². The molecule has 1 aromatic carbocycles. The van der Waals surface area contributed by atoms with Gasteiger partial charge >= 0.3 is 0 Å². The third-order valence-corrected chi connectivity index (χ3v) is 9.06. The highest BCUT2D eigenvalue weighted by Crippen LogP contribution is 2.33. The van der Waals surface area contributed by atoms with Gasteiger partial charge in [-0.1, -0.05) is 38.3 Å². The Balaban J connectivity index is 1.27. The fourth-order valence-electron chi connectivity index (χ4n) is 5.45. The van der Waals surface area contributed by atoms with Crippen molar-refractivity contribution in [1.29, 1.82) is 0 Å². The van der Waals surface area contributed by atoms with Crippen LogP contribution in [0.3, 0.4) is 0 Å². The molecule has 5 atom stereocenters. The first-order chi connectivity index (χ1) is 18.8. The summed E-state index contributed by atoms with van der Waals surface area (Å²) in [7, 11) is 2.13. The van der Waals surface area contributed by atoms with Gasteiger partial charge in [-0.2, -0.15) is 0 Å². The summed E-state index contributed by atoms with van der Waals surface area (Å²) < 4.78 is 5.60. The summed E-state index contributed by atoms with van der Waals surface area (Å²) in [6, 6.07) is 5.81. The number of nitrogens with one attached hydrogen (secondary N) is 1. The van der Waals surface area contributed by atoms with E-state index < -0.39 is 18.2 Å². The first kappa shape index (κ1) is 27.3. The Morgan fingerprint density at radius 2 is 1.95 bits per heavy atom. The predicted octanol–water partition coefficient (Wildman–Crippen LogP) is 2.13. The number of terminal acetylenes is 1. The first-order valence-corrected chi connectivity index (χ1v) is 14.4. The molecule has 10 heteroatoms. The van der Waals surface area contributed by atoms with Crippen LogP contribution in [0.15, 0.2) is 29.6 Å². The topological polar surface area (TPSA) is 95.1 Å². The molecule has 5 rings (SSSR count). The summed E-state index contributed by atoms with van der Waals surface area (Å²) in [5.41, 5.74) is 2.26. The average Bonchev–Trinajstić information content (AvgIpc) is 3.68. The molecule has 5 unspecified atom stereocenters. The summed E-state index contributed by atoms with van der Waals surface area (Å²) in [6.45, 7) is 8.06. The lowest BCUT2D eigenvalue weighted by Crippen LogP contribution is -2.54. The van der Waals surface area contributed by atoms with E-state index in [1.54, 1.807) is 23.5 Å². The number of likely N-dealkylation sites (tertiary alicyclic amines) is 1. The number of hydrogen-bond acceptors (Lipinski definition) is 8. The van der Waals surface area contributed by atoms with Gasteiger partial charge in [-0.25, -0.2) is 4.98 Å². The molecule has 9 nitrogen and oxygen atoms in total. The molecule has 2 aromatic rings. The molecule has 3 aliphatic heterocycles. The van der Waals surface area contributed by atoms with Crippen LogP contribution in [0, 0.1) is 24.2 Å². The molecular formula is C29H35N5O4S. The zero-order valence-electron chi connectivity index (χ0n) is 22.6. The fourth-order valence-corrected chi connectivity index (χ4v) is 6.34. The number of rotatable bonds is 7. The normalized spacial score (nSPS) is 24.8. The molecule has 206 valence electrons. The lowest BCUT2D eigenvalue weighted by molar-refractivity contribution is -0.139. The van der Waals surface area contributed by atoms with Gasteiger partial charge in [-0.3, -0.25) is 14.4 Å². The molecular weight excluding hydrogens is 514 g/mol. The van der Waals surface area contributed by atoms with Crippen LogP contribution >= 0.6 is 11.3 Å². The Bertz CT molecular complexity index is 1260. The Morgan fingerprint density at radius 3 is 2.62 bits per heavy atom. The zero-order valence-corrected chi connectivity index (χ0v) is 23.4. The Labute approximate surface area is 233 Å². The number of carbonyl (C=O) groups excluding carboxylic acids is 3. The number of thiazole rings is 1. The van der Waals surface area contributed by atoms with Gasteiger partial charge in [-0.05, 0) is 25.1 Å². The molecule has 1 aromatic heterocycles. The average molecular weight is 550 g/mol. The van der Waals surface area contributed by atoms with Crippen LogP contribution in [-0.2, 0) is 14.3 Å². The smallest absolute Gasteiger partial charge is 0.251 e. The lowest BCUT2D eigenvalue weighted by Gasteiger charge is -2.32. The van der Waals surface area contributed by atoms with E-state index in [-0.39, 0.29) is 42.6 Å². The molecule has 0 saturated carbocycles. The highest BCUT2D eigenvalue weighted by atomic mass is 32.1. The summed E-state index contributed by atoms with van der Waals surface area (Å²) in [6.07, 6.45) is 5.86. The molecule has 0 radical (unpaired) electrons. The van der Waals surface area contributed by atoms with E-state index in [1.807, 2.05) is 31.4 Å². The van der Waals surface area contributed by atoms with Crippen LogP contribution in [0.25, 0.3) is 11.3 Å². The lowest BCUT2D eigenvalue weighted by atomic mass is 9.96. The molecule has 0 spiro atoms. The number of ether oxygens (including phenoxy) is 1. The highest BCUT2D eigenvalue weighted by Gasteiger charge is 2.53. The molecule has 4 heterocycles. The highest BCUT2D eigenvalue weighted by molar-refractivity contribution is 7.14. The van der Waals surface area contributed by atoms with Crippen molar-refractivity contribution in [3.05, 3.63) is 35.2 Å². The van der Waals surface area contributed by atoms with Crippen molar-refractivity contribution in [2.45, 2.75) is 38.5 Å². The maximum atomic E-state index is 13.7. The molecule has 0 aliphatic carbocycles. The van der Waals surface area contributed by atoms with Gasteiger partial charge in [0.05, 0.1) is 11.6 Å². The molecule has 3 saturated heterocycles.